The van der Waals surface area contributed by atoms with Crippen LogP contribution in [0.15, 0.2) is 24.3 Å². The molecule has 1 N–H and O–H groups in total. The predicted octanol–water partition coefficient (Wildman–Crippen LogP) is 3.80. The van der Waals surface area contributed by atoms with Gasteiger partial charge >= 0.3 is 6.18 Å². The van der Waals surface area contributed by atoms with Crippen LogP contribution in [0.25, 0.3) is 0 Å². The van der Waals surface area contributed by atoms with Crippen molar-refractivity contribution in [1.29, 1.82) is 5.26 Å². The second-order valence-corrected chi connectivity index (χ2v) is 4.83. The molecule has 1 aromatic carbocycles. The number of benzene rings is 1. The lowest BCUT2D eigenvalue weighted by molar-refractivity contribution is -0.137. The van der Waals surface area contributed by atoms with E-state index in [-0.39, 0.29) is 0 Å². The fourth-order valence-corrected chi connectivity index (χ4v) is 2.40. The molecule has 0 aromatic heterocycles. The molecule has 1 atom stereocenters. The first-order valence-corrected chi connectivity index (χ1v) is 6.33. The van der Waals surface area contributed by atoms with Crippen molar-refractivity contribution in [2.24, 2.45) is 0 Å². The molecule has 1 saturated carbocycles. The monoisotopic (exact) mass is 268 g/mol. The number of halogens is 3. The van der Waals surface area contributed by atoms with Gasteiger partial charge in [-0.25, -0.2) is 0 Å². The average Bonchev–Trinajstić information content (AvgIpc) is 2.88. The summed E-state index contributed by atoms with van der Waals surface area (Å²) in [6, 6.07) is 6.67. The zero-order valence-corrected chi connectivity index (χ0v) is 10.4. The van der Waals surface area contributed by atoms with E-state index < -0.39 is 17.8 Å². The van der Waals surface area contributed by atoms with Crippen molar-refractivity contribution >= 4 is 0 Å². The molecular formula is C14H15F3N2. The quantitative estimate of drug-likeness (QED) is 0.905. The number of nitriles is 1. The molecule has 1 aromatic rings. The maximum atomic E-state index is 12.4. The summed E-state index contributed by atoms with van der Waals surface area (Å²) < 4.78 is 37.3. The smallest absolute Gasteiger partial charge is 0.295 e. The number of alkyl halides is 3. The molecule has 1 unspecified atom stereocenters. The molecule has 2 rings (SSSR count). The highest BCUT2D eigenvalue weighted by atomic mass is 19.4. The van der Waals surface area contributed by atoms with Crippen LogP contribution in [0.4, 0.5) is 13.2 Å². The summed E-state index contributed by atoms with van der Waals surface area (Å²) in [5.41, 5.74) is -0.101. The molecule has 5 heteroatoms. The Labute approximate surface area is 110 Å². The predicted molar refractivity (Wildman–Crippen MR) is 65.2 cm³/mol. The largest absolute Gasteiger partial charge is 0.416 e. The van der Waals surface area contributed by atoms with E-state index in [1.165, 1.54) is 12.1 Å². The first kappa shape index (κ1) is 13.9. The van der Waals surface area contributed by atoms with E-state index in [1.807, 2.05) is 0 Å². The topological polar surface area (TPSA) is 35.8 Å². The van der Waals surface area contributed by atoms with E-state index in [1.54, 1.807) is 0 Å². The minimum Gasteiger partial charge on any atom is -0.295 e. The Morgan fingerprint density at radius 3 is 2.21 bits per heavy atom. The summed E-state index contributed by atoms with van der Waals surface area (Å²) in [4.78, 5) is 0. The van der Waals surface area contributed by atoms with E-state index in [0.717, 1.165) is 37.8 Å². The number of hydrogen-bond acceptors (Lipinski definition) is 2. The highest BCUT2D eigenvalue weighted by Crippen LogP contribution is 2.30. The Balaban J connectivity index is 2.08. The minimum atomic E-state index is -4.33. The van der Waals surface area contributed by atoms with Crippen LogP contribution in [0.1, 0.15) is 42.9 Å². The lowest BCUT2D eigenvalue weighted by Gasteiger charge is -2.18. The molecule has 0 saturated heterocycles. The fourth-order valence-electron chi connectivity index (χ4n) is 2.40. The third kappa shape index (κ3) is 3.48. The van der Waals surface area contributed by atoms with Gasteiger partial charge in [0, 0.05) is 6.04 Å². The number of nitrogens with zero attached hydrogens (tertiary/aromatic N) is 1. The van der Waals surface area contributed by atoms with Crippen LogP contribution in [-0.2, 0) is 6.18 Å². The molecule has 0 spiro atoms. The summed E-state index contributed by atoms with van der Waals surface area (Å²) in [5.74, 6) is 0. The Hall–Kier alpha value is -1.54. The highest BCUT2D eigenvalue weighted by Gasteiger charge is 2.30. The molecule has 0 amide bonds. The van der Waals surface area contributed by atoms with Crippen LogP contribution in [0.5, 0.6) is 0 Å². The summed E-state index contributed by atoms with van der Waals surface area (Å²) in [6.07, 6.45) is 0.00281. The average molecular weight is 268 g/mol. The van der Waals surface area contributed by atoms with Crippen LogP contribution in [-0.4, -0.2) is 6.04 Å². The molecule has 1 aliphatic rings. The van der Waals surface area contributed by atoms with Gasteiger partial charge in [0.05, 0.1) is 11.6 Å². The number of rotatable bonds is 3. The summed E-state index contributed by atoms with van der Waals surface area (Å²) in [7, 11) is 0. The van der Waals surface area contributed by atoms with Gasteiger partial charge in [-0.3, -0.25) is 5.32 Å². The van der Waals surface area contributed by atoms with Gasteiger partial charge in [-0.05, 0) is 30.5 Å². The maximum Gasteiger partial charge on any atom is 0.416 e. The van der Waals surface area contributed by atoms with Crippen LogP contribution in [0.3, 0.4) is 0 Å². The molecular weight excluding hydrogens is 253 g/mol. The SMILES string of the molecule is N#CC(NC1CCCC1)c1ccc(C(F)(F)F)cc1. The maximum absolute atomic E-state index is 12.4. The Morgan fingerprint density at radius 2 is 1.74 bits per heavy atom. The van der Waals surface area contributed by atoms with Gasteiger partial charge in [0.2, 0.25) is 0 Å². The minimum absolute atomic E-state index is 0.298. The highest BCUT2D eigenvalue weighted by molar-refractivity contribution is 5.29. The third-order valence-electron chi connectivity index (χ3n) is 3.46. The standard InChI is InChI=1S/C14H15F3N2/c15-14(16,17)11-7-5-10(6-8-11)13(9-18)19-12-3-1-2-4-12/h5-8,12-13,19H,1-4H2. The molecule has 102 valence electrons. The molecule has 1 aliphatic carbocycles. The Kier molecular flexibility index (Phi) is 4.11. The third-order valence-corrected chi connectivity index (χ3v) is 3.46. The molecule has 2 nitrogen and oxygen atoms in total. The van der Waals surface area contributed by atoms with Crippen molar-refractivity contribution in [2.45, 2.75) is 43.9 Å². The van der Waals surface area contributed by atoms with E-state index in [4.69, 9.17) is 5.26 Å². The second kappa shape index (κ2) is 5.62. The van der Waals surface area contributed by atoms with Crippen molar-refractivity contribution in [2.75, 3.05) is 0 Å². The molecule has 1 fully saturated rings. The van der Waals surface area contributed by atoms with Gasteiger partial charge in [0.15, 0.2) is 0 Å². The van der Waals surface area contributed by atoms with Crippen LogP contribution in [0.2, 0.25) is 0 Å². The van der Waals surface area contributed by atoms with Gasteiger partial charge in [0.25, 0.3) is 0 Å². The van der Waals surface area contributed by atoms with Crippen molar-refractivity contribution < 1.29 is 13.2 Å². The van der Waals surface area contributed by atoms with Crippen molar-refractivity contribution in [1.82, 2.24) is 5.32 Å². The lowest BCUT2D eigenvalue weighted by Crippen LogP contribution is -2.29. The molecule has 0 heterocycles. The summed E-state index contributed by atoms with van der Waals surface area (Å²) >= 11 is 0. The number of nitrogens with one attached hydrogen (secondary N) is 1. The summed E-state index contributed by atoms with van der Waals surface area (Å²) in [5, 5.41) is 12.3. The van der Waals surface area contributed by atoms with E-state index >= 15 is 0 Å². The molecule has 19 heavy (non-hydrogen) atoms. The van der Waals surface area contributed by atoms with Crippen LogP contribution < -0.4 is 5.32 Å². The first-order valence-electron chi connectivity index (χ1n) is 6.33. The van der Waals surface area contributed by atoms with Crippen LogP contribution >= 0.6 is 0 Å². The summed E-state index contributed by atoms with van der Waals surface area (Å²) in [6.45, 7) is 0. The normalized spacial score (nSPS) is 18.2. The Morgan fingerprint density at radius 1 is 1.16 bits per heavy atom. The van der Waals surface area contributed by atoms with Crippen molar-refractivity contribution in [3.05, 3.63) is 35.4 Å². The van der Waals surface area contributed by atoms with E-state index in [2.05, 4.69) is 11.4 Å². The van der Waals surface area contributed by atoms with Crippen molar-refractivity contribution in [3.63, 3.8) is 0 Å². The van der Waals surface area contributed by atoms with Gasteiger partial charge < -0.3 is 0 Å². The van der Waals surface area contributed by atoms with Crippen LogP contribution in [0, 0.1) is 11.3 Å². The Bertz CT molecular complexity index is 453. The van der Waals surface area contributed by atoms with Crippen molar-refractivity contribution in [3.8, 4) is 6.07 Å². The molecule has 0 bridgehead atoms. The second-order valence-electron chi connectivity index (χ2n) is 4.83. The molecule has 0 radical (unpaired) electrons. The van der Waals surface area contributed by atoms with E-state index in [0.29, 0.717) is 11.6 Å². The van der Waals surface area contributed by atoms with Gasteiger partial charge in [0.1, 0.15) is 6.04 Å². The number of hydrogen-bond donors (Lipinski definition) is 1. The van der Waals surface area contributed by atoms with Gasteiger partial charge in [-0.1, -0.05) is 25.0 Å². The molecule has 0 aliphatic heterocycles. The van der Waals surface area contributed by atoms with Gasteiger partial charge in [-0.15, -0.1) is 0 Å². The zero-order chi connectivity index (χ0) is 13.9. The lowest BCUT2D eigenvalue weighted by atomic mass is 10.0. The van der Waals surface area contributed by atoms with Gasteiger partial charge in [-0.2, -0.15) is 18.4 Å². The zero-order valence-electron chi connectivity index (χ0n) is 10.4. The first-order chi connectivity index (χ1) is 9.00. The fraction of sp³-hybridized carbons (Fsp3) is 0.500. The van der Waals surface area contributed by atoms with E-state index in [9.17, 15) is 13.2 Å².